The van der Waals surface area contributed by atoms with Crippen molar-refractivity contribution in [1.82, 2.24) is 14.8 Å². The van der Waals surface area contributed by atoms with Gasteiger partial charge in [-0.15, -0.1) is 11.3 Å². The van der Waals surface area contributed by atoms with E-state index < -0.39 is 0 Å². The number of hydrogen-bond donors (Lipinski definition) is 0. The number of aryl methyl sites for hydroxylation is 1. The summed E-state index contributed by atoms with van der Waals surface area (Å²) < 4.78 is 11.2. The smallest absolute Gasteiger partial charge is 0.236 e. The molecule has 3 rings (SSSR count). The van der Waals surface area contributed by atoms with Crippen LogP contribution in [-0.4, -0.2) is 60.7 Å². The van der Waals surface area contributed by atoms with E-state index in [2.05, 4.69) is 28.8 Å². The third kappa shape index (κ3) is 4.20. The summed E-state index contributed by atoms with van der Waals surface area (Å²) >= 11 is 1.66. The normalized spacial score (nSPS) is 17.7. The van der Waals surface area contributed by atoms with Crippen molar-refractivity contribution in [2.75, 3.05) is 39.9 Å². The van der Waals surface area contributed by atoms with Gasteiger partial charge in [-0.2, -0.15) is 0 Å². The first kappa shape index (κ1) is 16.6. The second-order valence-electron chi connectivity index (χ2n) is 6.18. The summed E-state index contributed by atoms with van der Waals surface area (Å²) in [6.07, 6.45) is 0. The number of oxazole rings is 1. The van der Waals surface area contributed by atoms with Crippen LogP contribution < -0.4 is 0 Å². The number of nitrogens with zero attached hydrogens (tertiary/aromatic N) is 3. The number of thiophene rings is 1. The molecule has 0 amide bonds. The molecule has 0 N–H and O–H groups in total. The average Bonchev–Trinajstić information content (AvgIpc) is 3.19. The van der Waals surface area contributed by atoms with Crippen LogP contribution in [0.5, 0.6) is 0 Å². The standard InChI is InChI=1S/C17H25N3O2S/c1-13(11-20-6-8-21-9-7-20)19(3)12-15-14(2)22-17(18-15)16-5-4-10-23-16/h4-5,10,13H,6-9,11-12H2,1-3H3. The van der Waals surface area contributed by atoms with Crippen molar-refractivity contribution in [1.29, 1.82) is 0 Å². The van der Waals surface area contributed by atoms with Crippen LogP contribution in [0.1, 0.15) is 18.4 Å². The summed E-state index contributed by atoms with van der Waals surface area (Å²) in [4.78, 5) is 10.6. The Hall–Kier alpha value is -1.21. The van der Waals surface area contributed by atoms with E-state index in [1.165, 1.54) is 0 Å². The van der Waals surface area contributed by atoms with Gasteiger partial charge in [0.1, 0.15) is 5.76 Å². The van der Waals surface area contributed by atoms with Gasteiger partial charge in [0.2, 0.25) is 5.89 Å². The summed E-state index contributed by atoms with van der Waals surface area (Å²) in [7, 11) is 2.16. The molecule has 0 saturated carbocycles. The first-order chi connectivity index (χ1) is 11.1. The fourth-order valence-electron chi connectivity index (χ4n) is 2.77. The summed E-state index contributed by atoms with van der Waals surface area (Å²) in [5.41, 5.74) is 1.03. The van der Waals surface area contributed by atoms with Crippen molar-refractivity contribution in [3.8, 4) is 10.8 Å². The van der Waals surface area contributed by atoms with E-state index in [1.807, 2.05) is 24.4 Å². The molecule has 1 aliphatic heterocycles. The summed E-state index contributed by atoms with van der Waals surface area (Å²) in [5.74, 6) is 1.65. The first-order valence-electron chi connectivity index (χ1n) is 8.14. The van der Waals surface area contributed by atoms with Crippen molar-refractivity contribution >= 4 is 11.3 Å². The first-order valence-corrected chi connectivity index (χ1v) is 9.02. The highest BCUT2D eigenvalue weighted by Crippen LogP contribution is 2.26. The molecule has 126 valence electrons. The van der Waals surface area contributed by atoms with Crippen LogP contribution >= 0.6 is 11.3 Å². The Bertz CT molecular complexity index is 605. The highest BCUT2D eigenvalue weighted by atomic mass is 32.1. The molecule has 0 spiro atoms. The molecule has 0 aliphatic carbocycles. The Morgan fingerprint density at radius 1 is 1.39 bits per heavy atom. The topological polar surface area (TPSA) is 41.7 Å². The van der Waals surface area contributed by atoms with Crippen molar-refractivity contribution in [2.45, 2.75) is 26.4 Å². The quantitative estimate of drug-likeness (QED) is 0.812. The Kier molecular flexibility index (Phi) is 5.48. The lowest BCUT2D eigenvalue weighted by atomic mass is 10.2. The van der Waals surface area contributed by atoms with Gasteiger partial charge in [-0.3, -0.25) is 9.80 Å². The molecular formula is C17H25N3O2S. The third-order valence-electron chi connectivity index (χ3n) is 4.40. The number of likely N-dealkylation sites (N-methyl/N-ethyl adjacent to an activating group) is 1. The molecule has 0 bridgehead atoms. The van der Waals surface area contributed by atoms with E-state index in [-0.39, 0.29) is 0 Å². The minimum absolute atomic E-state index is 0.467. The molecule has 1 aliphatic rings. The molecular weight excluding hydrogens is 310 g/mol. The lowest BCUT2D eigenvalue weighted by molar-refractivity contribution is 0.0261. The van der Waals surface area contributed by atoms with E-state index >= 15 is 0 Å². The zero-order valence-electron chi connectivity index (χ0n) is 14.1. The second kappa shape index (κ2) is 7.57. The van der Waals surface area contributed by atoms with Gasteiger partial charge in [-0.05, 0) is 32.3 Å². The van der Waals surface area contributed by atoms with Crippen LogP contribution in [0, 0.1) is 6.92 Å². The second-order valence-corrected chi connectivity index (χ2v) is 7.12. The number of morpholine rings is 1. The lowest BCUT2D eigenvalue weighted by Gasteiger charge is -2.32. The largest absolute Gasteiger partial charge is 0.440 e. The van der Waals surface area contributed by atoms with Crippen molar-refractivity contribution in [2.24, 2.45) is 0 Å². The molecule has 23 heavy (non-hydrogen) atoms. The van der Waals surface area contributed by atoms with Crippen molar-refractivity contribution < 1.29 is 9.15 Å². The predicted molar refractivity (Wildman–Crippen MR) is 92.7 cm³/mol. The Morgan fingerprint density at radius 2 is 2.17 bits per heavy atom. The minimum atomic E-state index is 0.467. The minimum Gasteiger partial charge on any atom is -0.440 e. The summed E-state index contributed by atoms with van der Waals surface area (Å²) in [5, 5.41) is 2.05. The van der Waals surface area contributed by atoms with Gasteiger partial charge < -0.3 is 9.15 Å². The highest BCUT2D eigenvalue weighted by molar-refractivity contribution is 7.13. The van der Waals surface area contributed by atoms with Crippen LogP contribution in [0.3, 0.4) is 0 Å². The maximum absolute atomic E-state index is 5.84. The Labute approximate surface area is 141 Å². The van der Waals surface area contributed by atoms with E-state index in [0.717, 1.165) is 61.6 Å². The molecule has 1 atom stereocenters. The van der Waals surface area contributed by atoms with Crippen LogP contribution in [0.2, 0.25) is 0 Å². The fourth-order valence-corrected chi connectivity index (χ4v) is 3.42. The number of hydrogen-bond acceptors (Lipinski definition) is 6. The third-order valence-corrected chi connectivity index (χ3v) is 5.26. The van der Waals surface area contributed by atoms with Gasteiger partial charge in [0, 0.05) is 32.2 Å². The average molecular weight is 335 g/mol. The summed E-state index contributed by atoms with van der Waals surface area (Å²) in [6.45, 7) is 9.91. The highest BCUT2D eigenvalue weighted by Gasteiger charge is 2.19. The molecule has 2 aromatic heterocycles. The SMILES string of the molecule is Cc1oc(-c2cccs2)nc1CN(C)C(C)CN1CCOCC1. The van der Waals surface area contributed by atoms with E-state index in [9.17, 15) is 0 Å². The fraction of sp³-hybridized carbons (Fsp3) is 0.588. The maximum Gasteiger partial charge on any atom is 0.236 e. The van der Waals surface area contributed by atoms with Gasteiger partial charge in [-0.25, -0.2) is 4.98 Å². The van der Waals surface area contributed by atoms with Crippen molar-refractivity contribution in [3.63, 3.8) is 0 Å². The molecule has 0 aromatic carbocycles. The molecule has 0 radical (unpaired) electrons. The molecule has 3 heterocycles. The lowest BCUT2D eigenvalue weighted by Crippen LogP contribution is -2.44. The van der Waals surface area contributed by atoms with E-state index in [4.69, 9.17) is 9.15 Å². The number of rotatable bonds is 6. The Balaban J connectivity index is 1.59. The zero-order chi connectivity index (χ0) is 16.2. The van der Waals surface area contributed by atoms with Gasteiger partial charge in [0.25, 0.3) is 0 Å². The van der Waals surface area contributed by atoms with Crippen LogP contribution in [-0.2, 0) is 11.3 Å². The number of aromatic nitrogens is 1. The summed E-state index contributed by atoms with van der Waals surface area (Å²) in [6, 6.07) is 4.54. The van der Waals surface area contributed by atoms with Gasteiger partial charge in [0.05, 0.1) is 23.8 Å². The Morgan fingerprint density at radius 3 is 2.87 bits per heavy atom. The van der Waals surface area contributed by atoms with Gasteiger partial charge in [0.15, 0.2) is 0 Å². The van der Waals surface area contributed by atoms with Crippen LogP contribution in [0.4, 0.5) is 0 Å². The monoisotopic (exact) mass is 335 g/mol. The molecule has 1 unspecified atom stereocenters. The zero-order valence-corrected chi connectivity index (χ0v) is 14.9. The van der Waals surface area contributed by atoms with Crippen LogP contribution in [0.15, 0.2) is 21.9 Å². The van der Waals surface area contributed by atoms with Crippen LogP contribution in [0.25, 0.3) is 10.8 Å². The maximum atomic E-state index is 5.84. The van der Waals surface area contributed by atoms with Crippen molar-refractivity contribution in [3.05, 3.63) is 29.0 Å². The van der Waals surface area contributed by atoms with Gasteiger partial charge in [-0.1, -0.05) is 6.07 Å². The van der Waals surface area contributed by atoms with Gasteiger partial charge >= 0.3 is 0 Å². The van der Waals surface area contributed by atoms with E-state index in [0.29, 0.717) is 6.04 Å². The number of ether oxygens (including phenoxy) is 1. The molecule has 5 nitrogen and oxygen atoms in total. The molecule has 1 fully saturated rings. The molecule has 2 aromatic rings. The van der Waals surface area contributed by atoms with E-state index in [1.54, 1.807) is 11.3 Å². The predicted octanol–water partition coefficient (Wildman–Crippen LogP) is 2.86. The molecule has 6 heteroatoms. The molecule has 1 saturated heterocycles.